The molecule has 1 unspecified atom stereocenters. The zero-order valence-corrected chi connectivity index (χ0v) is 11.1. The van der Waals surface area contributed by atoms with Gasteiger partial charge in [-0.05, 0) is 38.8 Å². The summed E-state index contributed by atoms with van der Waals surface area (Å²) >= 11 is 0. The third-order valence-electron chi connectivity index (χ3n) is 3.86. The highest BCUT2D eigenvalue weighted by atomic mass is 16.2. The van der Waals surface area contributed by atoms with Crippen molar-refractivity contribution in [3.05, 3.63) is 30.1 Å². The van der Waals surface area contributed by atoms with Crippen LogP contribution in [0.25, 0.3) is 0 Å². The molecule has 1 fully saturated rings. The monoisotopic (exact) mass is 247 g/mol. The van der Waals surface area contributed by atoms with Gasteiger partial charge in [0, 0.05) is 24.5 Å². The van der Waals surface area contributed by atoms with Crippen LogP contribution in [0.1, 0.15) is 32.4 Å². The van der Waals surface area contributed by atoms with E-state index in [0.717, 1.165) is 25.1 Å². The Balaban J connectivity index is 2.09. The average Bonchev–Trinajstić information content (AvgIpc) is 2.33. The van der Waals surface area contributed by atoms with E-state index < -0.39 is 0 Å². The topological polar surface area (TPSA) is 59.2 Å². The third kappa shape index (κ3) is 2.53. The molecule has 1 amide bonds. The van der Waals surface area contributed by atoms with Crippen LogP contribution < -0.4 is 5.73 Å². The number of pyridine rings is 1. The summed E-state index contributed by atoms with van der Waals surface area (Å²) in [5.74, 6) is 0.119. The molecule has 0 radical (unpaired) electrons. The Morgan fingerprint density at radius 1 is 1.56 bits per heavy atom. The molecule has 0 aliphatic carbocycles. The van der Waals surface area contributed by atoms with Gasteiger partial charge in [-0.3, -0.25) is 9.78 Å². The molecule has 1 aliphatic rings. The number of hydrogen-bond donors (Lipinski definition) is 1. The molecular weight excluding hydrogens is 226 g/mol. The molecule has 0 aromatic carbocycles. The van der Waals surface area contributed by atoms with Gasteiger partial charge in [-0.15, -0.1) is 0 Å². The number of carbonyl (C=O) groups is 1. The van der Waals surface area contributed by atoms with Crippen molar-refractivity contribution in [3.8, 4) is 0 Å². The Bertz CT molecular complexity index is 416. The number of carbonyl (C=O) groups excluding carboxylic acids is 1. The molecule has 4 heteroatoms. The number of rotatable bonds is 2. The second kappa shape index (κ2) is 5.06. The van der Waals surface area contributed by atoms with Gasteiger partial charge in [0.15, 0.2) is 0 Å². The van der Waals surface area contributed by atoms with Crippen molar-refractivity contribution in [2.75, 3.05) is 6.54 Å². The lowest BCUT2D eigenvalue weighted by Crippen LogP contribution is -2.61. The van der Waals surface area contributed by atoms with Crippen LogP contribution in [0.5, 0.6) is 0 Å². The molecule has 1 atom stereocenters. The lowest BCUT2D eigenvalue weighted by Gasteiger charge is -2.46. The molecule has 18 heavy (non-hydrogen) atoms. The second-order valence-corrected chi connectivity index (χ2v) is 5.45. The number of hydrogen-bond acceptors (Lipinski definition) is 3. The van der Waals surface area contributed by atoms with E-state index in [1.165, 1.54) is 0 Å². The summed E-state index contributed by atoms with van der Waals surface area (Å²) in [6, 6.07) is 5.70. The van der Waals surface area contributed by atoms with E-state index in [0.29, 0.717) is 6.42 Å². The van der Waals surface area contributed by atoms with Crippen LogP contribution in [-0.4, -0.2) is 33.9 Å². The van der Waals surface area contributed by atoms with Gasteiger partial charge in [0.05, 0.1) is 12.0 Å². The van der Waals surface area contributed by atoms with Crippen LogP contribution in [0.15, 0.2) is 24.4 Å². The molecular formula is C14H21N3O. The number of aromatic nitrogens is 1. The van der Waals surface area contributed by atoms with E-state index in [1.807, 2.05) is 36.9 Å². The van der Waals surface area contributed by atoms with Crippen molar-refractivity contribution in [3.63, 3.8) is 0 Å². The highest BCUT2D eigenvalue weighted by Crippen LogP contribution is 2.27. The largest absolute Gasteiger partial charge is 0.336 e. The lowest BCUT2D eigenvalue weighted by molar-refractivity contribution is -0.138. The van der Waals surface area contributed by atoms with E-state index >= 15 is 0 Å². The van der Waals surface area contributed by atoms with Gasteiger partial charge in [0.1, 0.15) is 0 Å². The van der Waals surface area contributed by atoms with Crippen LogP contribution >= 0.6 is 0 Å². The third-order valence-corrected chi connectivity index (χ3v) is 3.86. The van der Waals surface area contributed by atoms with Crippen LogP contribution in [0.2, 0.25) is 0 Å². The highest BCUT2D eigenvalue weighted by Gasteiger charge is 2.38. The summed E-state index contributed by atoms with van der Waals surface area (Å²) in [7, 11) is 0. The summed E-state index contributed by atoms with van der Waals surface area (Å²) in [6.07, 6.45) is 4.05. The Kier molecular flexibility index (Phi) is 3.66. The molecule has 1 aliphatic heterocycles. The molecule has 0 bridgehead atoms. The number of piperidine rings is 1. The summed E-state index contributed by atoms with van der Waals surface area (Å²) in [6.45, 7) is 4.90. The van der Waals surface area contributed by atoms with Crippen molar-refractivity contribution < 1.29 is 4.79 Å². The zero-order valence-electron chi connectivity index (χ0n) is 11.1. The Morgan fingerprint density at radius 2 is 2.33 bits per heavy atom. The van der Waals surface area contributed by atoms with Gasteiger partial charge in [-0.25, -0.2) is 0 Å². The first-order valence-electron chi connectivity index (χ1n) is 6.48. The Labute approximate surface area is 108 Å². The molecule has 2 heterocycles. The molecule has 98 valence electrons. The molecule has 1 aromatic rings. The molecule has 0 saturated carbocycles. The minimum atomic E-state index is -0.260. The highest BCUT2D eigenvalue weighted by molar-refractivity contribution is 5.79. The van der Waals surface area contributed by atoms with Gasteiger partial charge >= 0.3 is 0 Å². The molecule has 2 rings (SSSR count). The number of nitrogens with zero attached hydrogens (tertiary/aromatic N) is 2. The SMILES string of the molecule is CC1(C)C(N)CCCN1C(=O)Cc1ccccn1. The van der Waals surface area contributed by atoms with Crippen molar-refractivity contribution in [1.82, 2.24) is 9.88 Å². The first-order chi connectivity index (χ1) is 8.51. The van der Waals surface area contributed by atoms with E-state index in [1.54, 1.807) is 6.20 Å². The zero-order chi connectivity index (χ0) is 13.2. The van der Waals surface area contributed by atoms with Crippen LogP contribution in [0.4, 0.5) is 0 Å². The molecule has 1 saturated heterocycles. The van der Waals surface area contributed by atoms with Crippen LogP contribution in [0.3, 0.4) is 0 Å². The standard InChI is InChI=1S/C14H21N3O/c1-14(2)12(15)7-5-9-17(14)13(18)10-11-6-3-4-8-16-11/h3-4,6,8,12H,5,7,9-10,15H2,1-2H3. The van der Waals surface area contributed by atoms with E-state index in [4.69, 9.17) is 5.73 Å². The Hall–Kier alpha value is -1.42. The number of likely N-dealkylation sites (tertiary alicyclic amines) is 1. The maximum Gasteiger partial charge on any atom is 0.229 e. The van der Waals surface area contributed by atoms with Gasteiger partial charge in [0.2, 0.25) is 5.91 Å². The fraction of sp³-hybridized carbons (Fsp3) is 0.571. The smallest absolute Gasteiger partial charge is 0.229 e. The minimum Gasteiger partial charge on any atom is -0.336 e. The van der Waals surface area contributed by atoms with Gasteiger partial charge in [-0.2, -0.15) is 0 Å². The van der Waals surface area contributed by atoms with Gasteiger partial charge in [0.25, 0.3) is 0 Å². The van der Waals surface area contributed by atoms with Crippen molar-refractivity contribution in [2.24, 2.45) is 5.73 Å². The normalized spacial score (nSPS) is 22.8. The lowest BCUT2D eigenvalue weighted by atomic mass is 9.85. The predicted molar refractivity (Wildman–Crippen MR) is 70.9 cm³/mol. The fourth-order valence-corrected chi connectivity index (χ4v) is 2.51. The first-order valence-corrected chi connectivity index (χ1v) is 6.48. The van der Waals surface area contributed by atoms with E-state index in [9.17, 15) is 4.79 Å². The molecule has 2 N–H and O–H groups in total. The van der Waals surface area contributed by atoms with E-state index in [-0.39, 0.29) is 17.5 Å². The molecule has 1 aromatic heterocycles. The Morgan fingerprint density at radius 3 is 3.00 bits per heavy atom. The summed E-state index contributed by atoms with van der Waals surface area (Å²) < 4.78 is 0. The van der Waals surface area contributed by atoms with Crippen LogP contribution in [-0.2, 0) is 11.2 Å². The minimum absolute atomic E-state index is 0.0546. The van der Waals surface area contributed by atoms with Crippen LogP contribution in [0, 0.1) is 0 Å². The summed E-state index contributed by atoms with van der Waals surface area (Å²) in [4.78, 5) is 18.5. The number of nitrogens with two attached hydrogens (primary N) is 1. The average molecular weight is 247 g/mol. The second-order valence-electron chi connectivity index (χ2n) is 5.45. The summed E-state index contributed by atoms with van der Waals surface area (Å²) in [5.41, 5.74) is 6.68. The fourth-order valence-electron chi connectivity index (χ4n) is 2.51. The number of amides is 1. The molecule has 4 nitrogen and oxygen atoms in total. The van der Waals surface area contributed by atoms with Crippen molar-refractivity contribution in [1.29, 1.82) is 0 Å². The van der Waals surface area contributed by atoms with Crippen molar-refractivity contribution in [2.45, 2.75) is 44.7 Å². The van der Waals surface area contributed by atoms with Gasteiger partial charge in [-0.1, -0.05) is 6.07 Å². The maximum atomic E-state index is 12.4. The quantitative estimate of drug-likeness (QED) is 0.858. The molecule has 0 spiro atoms. The van der Waals surface area contributed by atoms with E-state index in [2.05, 4.69) is 4.98 Å². The van der Waals surface area contributed by atoms with Gasteiger partial charge < -0.3 is 10.6 Å². The maximum absolute atomic E-state index is 12.4. The summed E-state index contributed by atoms with van der Waals surface area (Å²) in [5, 5.41) is 0. The first kappa shape index (κ1) is 13.0. The van der Waals surface area contributed by atoms with Crippen molar-refractivity contribution >= 4 is 5.91 Å². The predicted octanol–water partition coefficient (Wildman–Crippen LogP) is 1.35.